The Balaban J connectivity index is 2.61. The number of unbranched alkanes of at least 4 members (excludes halogenated alkanes) is 1. The molecule has 12 heteroatoms. The van der Waals surface area contributed by atoms with Crippen molar-refractivity contribution in [3.8, 4) is 0 Å². The van der Waals surface area contributed by atoms with Crippen LogP contribution in [0, 0.1) is 22.7 Å². The average molecular weight is 583 g/mol. The first-order chi connectivity index (χ1) is 18.4. The molecular formula is C28H50N6O5S. The van der Waals surface area contributed by atoms with Crippen molar-refractivity contribution < 1.29 is 24.0 Å². The number of primary amides is 1. The number of urea groups is 1. The smallest absolute Gasteiger partial charge is 0.312 e. The molecule has 1 aliphatic rings. The number of carbonyl (C=O) groups excluding carboxylic acids is 5. The summed E-state index contributed by atoms with van der Waals surface area (Å²) in [5.74, 6) is -1.06. The predicted molar refractivity (Wildman–Crippen MR) is 159 cm³/mol. The number of imide groups is 1. The van der Waals surface area contributed by atoms with Crippen molar-refractivity contribution >= 4 is 46.9 Å². The molecule has 1 aliphatic heterocycles. The van der Waals surface area contributed by atoms with Gasteiger partial charge in [-0.3, -0.25) is 24.1 Å². The third-order valence-electron chi connectivity index (χ3n) is 6.96. The second kappa shape index (κ2) is 15.3. The monoisotopic (exact) mass is 582 g/mol. The Morgan fingerprint density at radius 1 is 0.975 bits per heavy atom. The summed E-state index contributed by atoms with van der Waals surface area (Å²) in [5.41, 5.74) is 4.20. The number of amides is 5. The lowest BCUT2D eigenvalue weighted by Gasteiger charge is -2.29. The van der Waals surface area contributed by atoms with Crippen LogP contribution in [0.15, 0.2) is 0 Å². The Labute approximate surface area is 244 Å². The van der Waals surface area contributed by atoms with Gasteiger partial charge in [-0.2, -0.15) is 0 Å². The minimum absolute atomic E-state index is 0.0965. The second-order valence-corrected chi connectivity index (χ2v) is 13.4. The van der Waals surface area contributed by atoms with Crippen LogP contribution >= 0.6 is 12.2 Å². The van der Waals surface area contributed by atoms with Crippen molar-refractivity contribution in [2.45, 2.75) is 99.6 Å². The molecule has 0 radical (unpaired) electrons. The summed E-state index contributed by atoms with van der Waals surface area (Å²) >= 11 is 5.41. The van der Waals surface area contributed by atoms with Crippen molar-refractivity contribution in [1.29, 1.82) is 0 Å². The number of Topliss-reactive ketones (excluding diaryl/α,β-unsaturated/α-hetero) is 1. The molecule has 0 aromatic rings. The highest BCUT2D eigenvalue weighted by atomic mass is 32.1. The minimum atomic E-state index is -0.722. The Bertz CT molecular complexity index is 940. The molecule has 1 fully saturated rings. The molecular weight excluding hydrogens is 532 g/mol. The maximum atomic E-state index is 13.2. The molecule has 1 heterocycles. The van der Waals surface area contributed by atoms with Gasteiger partial charge in [0.1, 0.15) is 6.04 Å². The van der Waals surface area contributed by atoms with E-state index in [2.05, 4.69) is 21.3 Å². The highest BCUT2D eigenvalue weighted by Crippen LogP contribution is 2.35. The lowest BCUT2D eigenvalue weighted by molar-refractivity contribution is -0.140. The van der Waals surface area contributed by atoms with Crippen LogP contribution in [0.3, 0.4) is 0 Å². The third kappa shape index (κ3) is 11.4. The highest BCUT2D eigenvalue weighted by molar-refractivity contribution is 7.80. The molecule has 0 saturated carbocycles. The molecule has 0 bridgehead atoms. The van der Waals surface area contributed by atoms with Crippen molar-refractivity contribution in [2.24, 2.45) is 28.4 Å². The molecule has 0 aliphatic carbocycles. The Morgan fingerprint density at radius 2 is 1.57 bits per heavy atom. The first-order valence-electron chi connectivity index (χ1n) is 14.1. The van der Waals surface area contributed by atoms with Gasteiger partial charge in [-0.05, 0) is 49.2 Å². The topological polar surface area (TPSA) is 163 Å². The summed E-state index contributed by atoms with van der Waals surface area (Å²) in [4.78, 5) is 63.5. The van der Waals surface area contributed by atoms with Crippen molar-refractivity contribution in [3.63, 3.8) is 0 Å². The van der Waals surface area contributed by atoms with Gasteiger partial charge < -0.3 is 27.0 Å². The molecule has 0 aromatic heterocycles. The van der Waals surface area contributed by atoms with Gasteiger partial charge >= 0.3 is 6.03 Å². The fourth-order valence-electron chi connectivity index (χ4n) is 4.49. The summed E-state index contributed by atoms with van der Waals surface area (Å²) < 4.78 is 0. The molecule has 3 atom stereocenters. The normalized spacial score (nSPS) is 17.4. The van der Waals surface area contributed by atoms with E-state index in [4.69, 9.17) is 18.0 Å². The summed E-state index contributed by atoms with van der Waals surface area (Å²) in [7, 11) is 0. The SMILES string of the molecule is CC(C)C(NC(=S)NCCCCN1C(=O)CC(C(C)(C)C)C1=O)C(=O)NC(CCCNC(N)=O)C(=O)C(C)(C)C. The summed E-state index contributed by atoms with van der Waals surface area (Å²) in [6, 6.07) is -2.03. The lowest BCUT2D eigenvalue weighted by Crippen LogP contribution is -2.56. The van der Waals surface area contributed by atoms with Crippen LogP contribution in [0.2, 0.25) is 0 Å². The number of carbonyl (C=O) groups is 5. The zero-order valence-corrected chi connectivity index (χ0v) is 26.3. The molecule has 1 rings (SSSR count). The number of thiocarbonyl (C=S) groups is 1. The van der Waals surface area contributed by atoms with E-state index in [1.165, 1.54) is 4.90 Å². The van der Waals surface area contributed by atoms with Gasteiger partial charge in [0.2, 0.25) is 17.7 Å². The second-order valence-electron chi connectivity index (χ2n) is 12.9. The molecule has 40 heavy (non-hydrogen) atoms. The highest BCUT2D eigenvalue weighted by Gasteiger charge is 2.44. The fraction of sp³-hybridized carbons (Fsp3) is 0.786. The van der Waals surface area contributed by atoms with Crippen molar-refractivity contribution in [3.05, 3.63) is 0 Å². The number of nitrogens with two attached hydrogens (primary N) is 1. The number of nitrogens with zero attached hydrogens (tertiary/aromatic N) is 1. The molecule has 5 amide bonds. The zero-order valence-electron chi connectivity index (χ0n) is 25.4. The van der Waals surface area contributed by atoms with Crippen LogP contribution in [0.5, 0.6) is 0 Å². The molecule has 0 aromatic carbocycles. The molecule has 11 nitrogen and oxygen atoms in total. The zero-order chi connectivity index (χ0) is 30.8. The number of nitrogens with one attached hydrogen (secondary N) is 4. The Kier molecular flexibility index (Phi) is 13.5. The standard InChI is InChI=1S/C28H50N6O5S/c1-17(2)21(23(37)32-19(22(36)28(6,7)8)12-11-14-30-25(29)39)33-26(40)31-13-9-10-15-34-20(35)16-18(24(34)38)27(3,4)5/h17-19,21H,9-16H2,1-8H3,(H,32,37)(H3,29,30,39)(H2,31,33,40). The van der Waals surface area contributed by atoms with E-state index in [-0.39, 0.29) is 47.2 Å². The molecule has 1 saturated heterocycles. The first-order valence-corrected chi connectivity index (χ1v) is 14.5. The van der Waals surface area contributed by atoms with Gasteiger partial charge in [0.25, 0.3) is 0 Å². The van der Waals surface area contributed by atoms with Crippen molar-refractivity contribution in [2.75, 3.05) is 19.6 Å². The van der Waals surface area contributed by atoms with Gasteiger partial charge in [-0.1, -0.05) is 55.4 Å². The minimum Gasteiger partial charge on any atom is -0.363 e. The number of hydrogen-bond donors (Lipinski definition) is 5. The van der Waals surface area contributed by atoms with Gasteiger partial charge in [0.05, 0.1) is 12.0 Å². The van der Waals surface area contributed by atoms with E-state index in [1.54, 1.807) is 20.8 Å². The van der Waals surface area contributed by atoms with Crippen LogP contribution in [-0.2, 0) is 19.2 Å². The predicted octanol–water partition coefficient (Wildman–Crippen LogP) is 2.23. The fourth-order valence-corrected chi connectivity index (χ4v) is 4.72. The summed E-state index contributed by atoms with van der Waals surface area (Å²) in [6.07, 6.45) is 2.41. The van der Waals surface area contributed by atoms with E-state index in [0.717, 1.165) is 0 Å². The molecule has 228 valence electrons. The number of rotatable bonds is 14. The van der Waals surface area contributed by atoms with E-state index in [9.17, 15) is 24.0 Å². The van der Waals surface area contributed by atoms with E-state index >= 15 is 0 Å². The first kappa shape index (κ1) is 35.3. The molecule has 3 unspecified atom stereocenters. The van der Waals surface area contributed by atoms with E-state index in [0.29, 0.717) is 50.4 Å². The Hall–Kier alpha value is -2.76. The number of hydrogen-bond acceptors (Lipinski definition) is 6. The molecule has 0 spiro atoms. The van der Waals surface area contributed by atoms with Crippen LogP contribution in [-0.4, -0.2) is 71.3 Å². The lowest BCUT2D eigenvalue weighted by atomic mass is 9.80. The van der Waals surface area contributed by atoms with Gasteiger partial charge in [-0.15, -0.1) is 0 Å². The largest absolute Gasteiger partial charge is 0.363 e. The average Bonchev–Trinajstić information content (AvgIpc) is 3.11. The summed E-state index contributed by atoms with van der Waals surface area (Å²) in [5, 5.41) is 11.8. The maximum Gasteiger partial charge on any atom is 0.312 e. The Morgan fingerprint density at radius 3 is 2.08 bits per heavy atom. The van der Waals surface area contributed by atoms with Gasteiger partial charge in [-0.25, -0.2) is 4.79 Å². The number of likely N-dealkylation sites (tertiary alicyclic amines) is 1. The maximum absolute atomic E-state index is 13.2. The van der Waals surface area contributed by atoms with Gasteiger partial charge in [0, 0.05) is 31.5 Å². The number of ketones is 1. The third-order valence-corrected chi connectivity index (χ3v) is 7.22. The summed E-state index contributed by atoms with van der Waals surface area (Å²) in [6.45, 7) is 16.3. The molecule has 6 N–H and O–H groups in total. The van der Waals surface area contributed by atoms with Crippen LogP contribution in [0.1, 0.15) is 87.5 Å². The van der Waals surface area contributed by atoms with E-state index < -0.39 is 23.5 Å². The van der Waals surface area contributed by atoms with Crippen molar-refractivity contribution in [1.82, 2.24) is 26.2 Å². The van der Waals surface area contributed by atoms with Gasteiger partial charge in [0.15, 0.2) is 10.9 Å². The van der Waals surface area contributed by atoms with Crippen LogP contribution in [0.25, 0.3) is 0 Å². The quantitative estimate of drug-likeness (QED) is 0.118. The van der Waals surface area contributed by atoms with Crippen LogP contribution < -0.4 is 27.0 Å². The van der Waals surface area contributed by atoms with E-state index in [1.807, 2.05) is 34.6 Å². The van der Waals surface area contributed by atoms with Crippen LogP contribution in [0.4, 0.5) is 4.79 Å².